The third kappa shape index (κ3) is 5.64. The molecule has 1 aliphatic rings. The summed E-state index contributed by atoms with van der Waals surface area (Å²) in [6.07, 6.45) is -0.300. The number of nitrogens with zero attached hydrogens (tertiary/aromatic N) is 2. The summed E-state index contributed by atoms with van der Waals surface area (Å²) >= 11 is 0. The lowest BCUT2D eigenvalue weighted by atomic mass is 10.1. The van der Waals surface area contributed by atoms with E-state index in [0.29, 0.717) is 28.5 Å². The topological polar surface area (TPSA) is 97.4 Å². The Kier molecular flexibility index (Phi) is 7.57. The molecule has 1 aliphatic heterocycles. The number of rotatable bonds is 9. The van der Waals surface area contributed by atoms with Crippen molar-refractivity contribution in [2.75, 3.05) is 31.5 Å². The van der Waals surface area contributed by atoms with Gasteiger partial charge in [-0.3, -0.25) is 9.59 Å². The van der Waals surface area contributed by atoms with Gasteiger partial charge in [-0.15, -0.1) is 0 Å². The number of carbonyl (C=O) groups excluding carboxylic acids is 3. The SMILES string of the molecule is COc1cccc(CN2C(=O)N(c3ccc(F)cc3)C(=O)[C@@H]2CC(=O)Nc2cc(OC)cc(OC)c2)c1. The Morgan fingerprint density at radius 2 is 1.54 bits per heavy atom. The second-order valence-corrected chi connectivity index (χ2v) is 8.28. The number of hydrogen-bond acceptors (Lipinski definition) is 6. The van der Waals surface area contributed by atoms with Gasteiger partial charge in [0.15, 0.2) is 0 Å². The first-order chi connectivity index (χ1) is 17.8. The van der Waals surface area contributed by atoms with Crippen LogP contribution in [-0.4, -0.2) is 50.1 Å². The van der Waals surface area contributed by atoms with Gasteiger partial charge in [0.1, 0.15) is 29.1 Å². The lowest BCUT2D eigenvalue weighted by Crippen LogP contribution is -2.37. The lowest BCUT2D eigenvalue weighted by molar-refractivity contribution is -0.124. The van der Waals surface area contributed by atoms with Crippen LogP contribution in [0, 0.1) is 5.82 Å². The van der Waals surface area contributed by atoms with Gasteiger partial charge in [-0.1, -0.05) is 12.1 Å². The highest BCUT2D eigenvalue weighted by molar-refractivity contribution is 6.22. The largest absolute Gasteiger partial charge is 0.497 e. The molecule has 9 nitrogen and oxygen atoms in total. The van der Waals surface area contributed by atoms with E-state index in [1.54, 1.807) is 42.5 Å². The van der Waals surface area contributed by atoms with E-state index in [-0.39, 0.29) is 18.7 Å². The van der Waals surface area contributed by atoms with Crippen LogP contribution in [0.1, 0.15) is 12.0 Å². The Balaban J connectivity index is 1.61. The molecule has 0 aliphatic carbocycles. The van der Waals surface area contributed by atoms with Gasteiger partial charge in [-0.2, -0.15) is 0 Å². The molecule has 4 amide bonds. The Morgan fingerprint density at radius 3 is 2.16 bits per heavy atom. The molecule has 1 fully saturated rings. The number of amides is 4. The molecule has 1 heterocycles. The van der Waals surface area contributed by atoms with E-state index in [1.807, 2.05) is 0 Å². The van der Waals surface area contributed by atoms with Crippen molar-refractivity contribution in [1.82, 2.24) is 4.90 Å². The van der Waals surface area contributed by atoms with E-state index in [0.717, 1.165) is 4.90 Å². The van der Waals surface area contributed by atoms with Crippen LogP contribution >= 0.6 is 0 Å². The second kappa shape index (κ2) is 11.0. The summed E-state index contributed by atoms with van der Waals surface area (Å²) in [6.45, 7) is 0.0599. The van der Waals surface area contributed by atoms with Crippen LogP contribution in [0.5, 0.6) is 17.2 Å². The number of methoxy groups -OCH3 is 3. The van der Waals surface area contributed by atoms with Crippen molar-refractivity contribution >= 4 is 29.2 Å². The summed E-state index contributed by atoms with van der Waals surface area (Å²) in [7, 11) is 4.51. The zero-order chi connectivity index (χ0) is 26.5. The maximum absolute atomic E-state index is 13.5. The van der Waals surface area contributed by atoms with Crippen molar-refractivity contribution in [1.29, 1.82) is 0 Å². The average molecular weight is 508 g/mol. The summed E-state index contributed by atoms with van der Waals surface area (Å²) in [5.74, 6) is -0.0309. The molecule has 1 saturated heterocycles. The monoisotopic (exact) mass is 507 g/mol. The molecule has 3 aromatic rings. The van der Waals surface area contributed by atoms with E-state index >= 15 is 0 Å². The van der Waals surface area contributed by atoms with Crippen LogP contribution in [0.3, 0.4) is 0 Å². The van der Waals surface area contributed by atoms with Crippen LogP contribution in [0.4, 0.5) is 20.6 Å². The maximum atomic E-state index is 13.5. The minimum atomic E-state index is -1.09. The van der Waals surface area contributed by atoms with E-state index in [1.165, 1.54) is 50.5 Å². The van der Waals surface area contributed by atoms with Gasteiger partial charge in [-0.25, -0.2) is 14.1 Å². The molecule has 1 N–H and O–H groups in total. The number of carbonyl (C=O) groups is 3. The van der Waals surface area contributed by atoms with Crippen molar-refractivity contribution in [2.45, 2.75) is 19.0 Å². The van der Waals surface area contributed by atoms with Crippen LogP contribution in [-0.2, 0) is 16.1 Å². The first kappa shape index (κ1) is 25.5. The van der Waals surface area contributed by atoms with Crippen molar-refractivity contribution in [3.05, 3.63) is 78.1 Å². The molecule has 3 aromatic carbocycles. The van der Waals surface area contributed by atoms with E-state index in [2.05, 4.69) is 5.32 Å². The lowest BCUT2D eigenvalue weighted by Gasteiger charge is -2.22. The predicted octanol–water partition coefficient (Wildman–Crippen LogP) is 4.22. The Bertz CT molecular complexity index is 1290. The van der Waals surface area contributed by atoms with Crippen molar-refractivity contribution < 1.29 is 33.0 Å². The van der Waals surface area contributed by atoms with Crippen molar-refractivity contribution in [3.63, 3.8) is 0 Å². The zero-order valence-corrected chi connectivity index (χ0v) is 20.6. The van der Waals surface area contributed by atoms with Gasteiger partial charge in [-0.05, 0) is 42.0 Å². The highest BCUT2D eigenvalue weighted by atomic mass is 19.1. The molecule has 4 rings (SSSR count). The number of urea groups is 1. The molecule has 0 unspecified atom stereocenters. The predicted molar refractivity (Wildman–Crippen MR) is 134 cm³/mol. The number of nitrogens with one attached hydrogen (secondary N) is 1. The molecule has 192 valence electrons. The van der Waals surface area contributed by atoms with Gasteiger partial charge >= 0.3 is 6.03 Å². The quantitative estimate of drug-likeness (QED) is 0.436. The summed E-state index contributed by atoms with van der Waals surface area (Å²) in [5.41, 5.74) is 1.34. The molecule has 0 aromatic heterocycles. The van der Waals surface area contributed by atoms with Crippen LogP contribution < -0.4 is 24.4 Å². The minimum Gasteiger partial charge on any atom is -0.497 e. The summed E-state index contributed by atoms with van der Waals surface area (Å²) < 4.78 is 29.2. The molecule has 0 bridgehead atoms. The third-order valence-corrected chi connectivity index (χ3v) is 5.90. The van der Waals surface area contributed by atoms with E-state index < -0.39 is 29.7 Å². The first-order valence-corrected chi connectivity index (χ1v) is 11.4. The summed E-state index contributed by atoms with van der Waals surface area (Å²) in [5, 5.41) is 2.74. The molecule has 0 saturated carbocycles. The molecule has 0 spiro atoms. The fraction of sp³-hybridized carbons (Fsp3) is 0.222. The number of hydrogen-bond donors (Lipinski definition) is 1. The van der Waals surface area contributed by atoms with Gasteiger partial charge < -0.3 is 24.4 Å². The minimum absolute atomic E-state index is 0.0599. The summed E-state index contributed by atoms with van der Waals surface area (Å²) in [4.78, 5) is 42.2. The highest BCUT2D eigenvalue weighted by Crippen LogP contribution is 2.30. The molecular formula is C27H26FN3O6. The second-order valence-electron chi connectivity index (χ2n) is 8.28. The zero-order valence-electron chi connectivity index (χ0n) is 20.6. The molecule has 10 heteroatoms. The average Bonchev–Trinajstić information content (AvgIpc) is 3.12. The standard InChI is InChI=1S/C27H26FN3O6/c1-35-21-6-4-5-17(11-21)16-30-24(26(33)31(27(30)34)20-9-7-18(28)8-10-20)15-25(32)29-19-12-22(36-2)14-23(13-19)37-3/h4-14,24H,15-16H2,1-3H3,(H,29,32)/t24-/m0/s1. The van der Waals surface area contributed by atoms with Crippen molar-refractivity contribution in [3.8, 4) is 17.2 Å². The van der Waals surface area contributed by atoms with Gasteiger partial charge in [0.25, 0.3) is 5.91 Å². The Hall–Kier alpha value is -4.60. The number of ether oxygens (including phenoxy) is 3. The fourth-order valence-electron chi connectivity index (χ4n) is 4.08. The van der Waals surface area contributed by atoms with E-state index in [4.69, 9.17) is 14.2 Å². The van der Waals surface area contributed by atoms with Gasteiger partial charge in [0.2, 0.25) is 5.91 Å². The molecule has 0 radical (unpaired) electrons. The molecule has 37 heavy (non-hydrogen) atoms. The number of benzene rings is 3. The van der Waals surface area contributed by atoms with Gasteiger partial charge in [0.05, 0.1) is 33.4 Å². The summed E-state index contributed by atoms with van der Waals surface area (Å²) in [6, 6.07) is 15.3. The normalized spacial score (nSPS) is 15.1. The number of anilines is 2. The van der Waals surface area contributed by atoms with E-state index in [9.17, 15) is 18.8 Å². The van der Waals surface area contributed by atoms with Gasteiger partial charge in [0, 0.05) is 30.4 Å². The van der Waals surface area contributed by atoms with Crippen LogP contribution in [0.25, 0.3) is 0 Å². The third-order valence-electron chi connectivity index (χ3n) is 5.90. The Morgan fingerprint density at radius 1 is 0.892 bits per heavy atom. The Labute approximate surface area is 213 Å². The van der Waals surface area contributed by atoms with Crippen LogP contribution in [0.15, 0.2) is 66.7 Å². The van der Waals surface area contributed by atoms with Crippen molar-refractivity contribution in [2.24, 2.45) is 0 Å². The fourth-order valence-corrected chi connectivity index (χ4v) is 4.08. The number of imide groups is 1. The van der Waals surface area contributed by atoms with Crippen LogP contribution in [0.2, 0.25) is 0 Å². The highest BCUT2D eigenvalue weighted by Gasteiger charge is 2.46. The number of halogens is 1. The molecule has 1 atom stereocenters. The first-order valence-electron chi connectivity index (χ1n) is 11.4. The molecular weight excluding hydrogens is 481 g/mol. The smallest absolute Gasteiger partial charge is 0.332 e. The maximum Gasteiger partial charge on any atom is 0.332 e.